The van der Waals surface area contributed by atoms with E-state index >= 15 is 0 Å². The molecule has 1 aliphatic heterocycles. The maximum Gasteiger partial charge on any atom is 0.334 e. The van der Waals surface area contributed by atoms with E-state index in [-0.39, 0.29) is 41.6 Å². The molecule has 0 unspecified atom stereocenters. The number of carbonyl (C=O) groups excluding carboxylic acids is 1. The summed E-state index contributed by atoms with van der Waals surface area (Å²) in [6, 6.07) is 1.45. The van der Waals surface area contributed by atoms with E-state index in [0.717, 1.165) is 57.3 Å². The zero-order valence-electron chi connectivity index (χ0n) is 21.9. The largest absolute Gasteiger partial charge is 0.334 e. The van der Waals surface area contributed by atoms with Crippen molar-refractivity contribution < 1.29 is 13.2 Å². The van der Waals surface area contributed by atoms with Crippen molar-refractivity contribution in [2.24, 2.45) is 0 Å². The third kappa shape index (κ3) is 5.48. The SMILES string of the molecule is CC(C)n1cc(N(C2CCN(C)CC2)S(=O)(=O)NC(=O)Nc2c3c(cc4c2CCC4)CCC3)cn1.[Na]. The van der Waals surface area contributed by atoms with Crippen molar-refractivity contribution >= 4 is 57.2 Å². The molecule has 1 aromatic heterocycles. The number of amides is 2. The van der Waals surface area contributed by atoms with Gasteiger partial charge in [0.25, 0.3) is 0 Å². The minimum atomic E-state index is -4.15. The number of aryl methyl sites for hydroxylation is 2. The van der Waals surface area contributed by atoms with Crippen molar-refractivity contribution in [3.63, 3.8) is 0 Å². The Morgan fingerprint density at radius 1 is 1.08 bits per heavy atom. The van der Waals surface area contributed by atoms with Crippen LogP contribution in [0.2, 0.25) is 0 Å². The number of nitrogens with zero attached hydrogens (tertiary/aromatic N) is 4. The van der Waals surface area contributed by atoms with E-state index < -0.39 is 16.2 Å². The quantitative estimate of drug-likeness (QED) is 0.567. The van der Waals surface area contributed by atoms with E-state index in [1.165, 1.54) is 26.6 Å². The summed E-state index contributed by atoms with van der Waals surface area (Å²) in [5.41, 5.74) is 6.23. The molecular weight excluding hydrogens is 487 g/mol. The molecule has 0 atom stereocenters. The molecule has 2 heterocycles. The smallest absolute Gasteiger partial charge is 0.307 e. The Balaban J connectivity index is 0.00000304. The molecule has 9 nitrogen and oxygen atoms in total. The van der Waals surface area contributed by atoms with Gasteiger partial charge < -0.3 is 10.2 Å². The summed E-state index contributed by atoms with van der Waals surface area (Å²) >= 11 is 0. The Hall–Kier alpha value is -1.59. The first-order valence-corrected chi connectivity index (χ1v) is 14.2. The van der Waals surface area contributed by atoms with E-state index in [0.29, 0.717) is 18.5 Å². The zero-order chi connectivity index (χ0) is 24.7. The summed E-state index contributed by atoms with van der Waals surface area (Å²) in [5, 5.41) is 7.31. The molecule has 36 heavy (non-hydrogen) atoms. The fourth-order valence-corrected chi connectivity index (χ4v) is 7.13. The summed E-state index contributed by atoms with van der Waals surface area (Å²) in [5.74, 6) is 0. The first-order valence-electron chi connectivity index (χ1n) is 12.8. The number of likely N-dealkylation sites (tertiary alicyclic amines) is 1. The Kier molecular flexibility index (Phi) is 8.41. The van der Waals surface area contributed by atoms with Gasteiger partial charge in [0, 0.05) is 53.5 Å². The second-order valence-corrected chi connectivity index (χ2v) is 11.9. The van der Waals surface area contributed by atoms with Gasteiger partial charge in [-0.1, -0.05) is 6.07 Å². The number of urea groups is 1. The Morgan fingerprint density at radius 3 is 2.25 bits per heavy atom. The molecule has 0 spiro atoms. The monoisotopic (exact) mass is 523 g/mol. The Morgan fingerprint density at radius 2 is 1.69 bits per heavy atom. The topological polar surface area (TPSA) is 99.6 Å². The molecule has 1 aromatic carbocycles. The second-order valence-electron chi connectivity index (χ2n) is 10.4. The molecule has 1 radical (unpaired) electrons. The van der Waals surface area contributed by atoms with Gasteiger partial charge in [0.1, 0.15) is 0 Å². The minimum absolute atomic E-state index is 0. The number of nitrogens with one attached hydrogen (secondary N) is 2. The van der Waals surface area contributed by atoms with Crippen LogP contribution in [0.5, 0.6) is 0 Å². The van der Waals surface area contributed by atoms with Gasteiger partial charge in [0.2, 0.25) is 0 Å². The molecule has 5 rings (SSSR count). The fraction of sp³-hybridized carbons (Fsp3) is 0.600. The molecule has 3 aliphatic rings. The zero-order valence-corrected chi connectivity index (χ0v) is 24.7. The van der Waals surface area contributed by atoms with Gasteiger partial charge in [-0.25, -0.2) is 13.8 Å². The van der Waals surface area contributed by atoms with Gasteiger partial charge >= 0.3 is 16.2 Å². The molecule has 191 valence electrons. The normalized spacial score (nSPS) is 18.0. The van der Waals surface area contributed by atoms with Crippen LogP contribution in [0.3, 0.4) is 0 Å². The van der Waals surface area contributed by atoms with Crippen molar-refractivity contribution in [1.82, 2.24) is 19.4 Å². The standard InChI is InChI=1S/C25H36N6O3S.Na/c1-17(2)30-16-21(15-26-30)31(20-10-12-29(3)13-11-20)35(33,34)28-25(32)27-24-22-8-4-6-18(22)14-19-7-5-9-23(19)24;/h14-17,20H,4-13H2,1-3H3,(H2,27,28,32);. The predicted molar refractivity (Wildman–Crippen MR) is 143 cm³/mol. The van der Waals surface area contributed by atoms with Gasteiger partial charge in [-0.3, -0.25) is 4.68 Å². The summed E-state index contributed by atoms with van der Waals surface area (Å²) < 4.78 is 32.8. The average Bonchev–Trinajstić information content (AvgIpc) is 3.55. The summed E-state index contributed by atoms with van der Waals surface area (Å²) in [6.45, 7) is 5.58. The average molecular weight is 524 g/mol. The first kappa shape index (κ1) is 27.4. The first-order chi connectivity index (χ1) is 16.7. The molecule has 2 aromatic rings. The summed E-state index contributed by atoms with van der Waals surface area (Å²) in [7, 11) is -2.12. The number of hydrogen-bond acceptors (Lipinski definition) is 5. The number of rotatable bonds is 6. The van der Waals surface area contributed by atoms with Crippen molar-refractivity contribution in [3.05, 3.63) is 40.7 Å². The van der Waals surface area contributed by atoms with E-state index in [2.05, 4.69) is 26.1 Å². The van der Waals surface area contributed by atoms with Gasteiger partial charge in [-0.15, -0.1) is 0 Å². The molecule has 2 aliphatic carbocycles. The van der Waals surface area contributed by atoms with Crippen LogP contribution in [0.25, 0.3) is 0 Å². The van der Waals surface area contributed by atoms with Gasteiger partial charge in [0.05, 0.1) is 11.9 Å². The number of piperidine rings is 1. The van der Waals surface area contributed by atoms with E-state index in [1.807, 2.05) is 20.9 Å². The Labute approximate surface area is 236 Å². The fourth-order valence-electron chi connectivity index (χ4n) is 5.77. The number of aromatic nitrogens is 2. The van der Waals surface area contributed by atoms with E-state index in [9.17, 15) is 13.2 Å². The van der Waals surface area contributed by atoms with Crippen LogP contribution in [0, 0.1) is 0 Å². The number of hydrogen-bond donors (Lipinski definition) is 2. The number of anilines is 2. The van der Waals surface area contributed by atoms with Crippen LogP contribution in [-0.4, -0.2) is 84.9 Å². The molecule has 2 N–H and O–H groups in total. The van der Waals surface area contributed by atoms with Gasteiger partial charge in [-0.2, -0.15) is 13.5 Å². The van der Waals surface area contributed by atoms with Crippen molar-refractivity contribution in [2.45, 2.75) is 77.3 Å². The molecule has 0 saturated carbocycles. The summed E-state index contributed by atoms with van der Waals surface area (Å²) in [6.07, 6.45) is 10.7. The van der Waals surface area contributed by atoms with Crippen molar-refractivity contribution in [2.75, 3.05) is 29.8 Å². The van der Waals surface area contributed by atoms with Crippen LogP contribution >= 0.6 is 0 Å². The molecule has 2 amide bonds. The molecule has 1 fully saturated rings. The molecular formula is C25H36N6NaO3S. The van der Waals surface area contributed by atoms with Crippen LogP contribution in [0.4, 0.5) is 16.2 Å². The maximum atomic E-state index is 13.7. The second kappa shape index (κ2) is 11.0. The maximum absolute atomic E-state index is 13.7. The van der Waals surface area contributed by atoms with Gasteiger partial charge in [-0.05, 0) is 108 Å². The Bertz CT molecular complexity index is 1190. The number of benzene rings is 1. The van der Waals surface area contributed by atoms with Gasteiger partial charge in [0.15, 0.2) is 0 Å². The molecule has 1 saturated heterocycles. The third-order valence-corrected chi connectivity index (χ3v) is 9.05. The van der Waals surface area contributed by atoms with E-state index in [4.69, 9.17) is 0 Å². The molecule has 0 bridgehead atoms. The summed E-state index contributed by atoms with van der Waals surface area (Å²) in [4.78, 5) is 15.3. The van der Waals surface area contributed by atoms with Crippen LogP contribution in [-0.2, 0) is 35.9 Å². The van der Waals surface area contributed by atoms with Crippen LogP contribution in [0.1, 0.15) is 67.8 Å². The molecule has 11 heteroatoms. The van der Waals surface area contributed by atoms with Crippen LogP contribution in [0.15, 0.2) is 18.5 Å². The van der Waals surface area contributed by atoms with E-state index in [1.54, 1.807) is 17.1 Å². The third-order valence-electron chi connectivity index (χ3n) is 7.58. The minimum Gasteiger partial charge on any atom is -0.307 e. The van der Waals surface area contributed by atoms with Crippen molar-refractivity contribution in [3.8, 4) is 0 Å². The van der Waals surface area contributed by atoms with Crippen LogP contribution < -0.4 is 14.3 Å². The number of carbonyl (C=O) groups is 1. The predicted octanol–water partition coefficient (Wildman–Crippen LogP) is 3.03. The van der Waals surface area contributed by atoms with Crippen molar-refractivity contribution in [1.29, 1.82) is 0 Å². The number of fused-ring (bicyclic) bond motifs is 2.